The molecule has 0 aliphatic heterocycles. The van der Waals surface area contributed by atoms with Crippen molar-refractivity contribution in [1.82, 2.24) is 0 Å². The van der Waals surface area contributed by atoms with Crippen molar-refractivity contribution < 1.29 is 4.21 Å². The van der Waals surface area contributed by atoms with Crippen LogP contribution in [0.25, 0.3) is 0 Å². The second-order valence-electron chi connectivity index (χ2n) is 3.13. The molecule has 0 unspecified atom stereocenters. The summed E-state index contributed by atoms with van der Waals surface area (Å²) in [4.78, 5) is 0. The molecule has 0 radical (unpaired) electrons. The minimum Gasteiger partial charge on any atom is -0.259 e. The number of hydrogen-bond acceptors (Lipinski definition) is 1. The van der Waals surface area contributed by atoms with Crippen molar-refractivity contribution in [2.75, 3.05) is 5.75 Å². The Hall–Kier alpha value is -0.630. The van der Waals surface area contributed by atoms with E-state index in [4.69, 9.17) is 0 Å². The van der Waals surface area contributed by atoms with Gasteiger partial charge in [0.2, 0.25) is 0 Å². The molecule has 1 aromatic carbocycles. The molecular weight excluding hydrogens is 180 g/mol. The maximum absolute atomic E-state index is 11.5. The zero-order chi connectivity index (χ0) is 9.52. The Labute approximate surface area is 82.6 Å². The second-order valence-corrected chi connectivity index (χ2v) is 4.70. The predicted octanol–water partition coefficient (Wildman–Crippen LogP) is 2.74. The zero-order valence-corrected chi connectivity index (χ0v) is 8.85. The molecule has 1 aromatic rings. The predicted molar refractivity (Wildman–Crippen MR) is 58.1 cm³/mol. The van der Waals surface area contributed by atoms with E-state index >= 15 is 0 Å². The van der Waals surface area contributed by atoms with Gasteiger partial charge in [0, 0.05) is 22.3 Å². The first kappa shape index (κ1) is 10.5. The van der Waals surface area contributed by atoms with Crippen molar-refractivity contribution in [3.8, 4) is 0 Å². The highest BCUT2D eigenvalue weighted by atomic mass is 32.2. The molecule has 13 heavy (non-hydrogen) atoms. The van der Waals surface area contributed by atoms with Crippen LogP contribution >= 0.6 is 0 Å². The van der Waals surface area contributed by atoms with Crippen molar-refractivity contribution in [2.45, 2.75) is 25.5 Å². The fraction of sp³-hybridized carbons (Fsp3) is 0.455. The van der Waals surface area contributed by atoms with Crippen LogP contribution in [0.1, 0.15) is 25.3 Å². The van der Waals surface area contributed by atoms with Crippen LogP contribution in [0.3, 0.4) is 0 Å². The Kier molecular flexibility index (Phi) is 4.76. The molecule has 72 valence electrons. The maximum atomic E-state index is 11.5. The summed E-state index contributed by atoms with van der Waals surface area (Å²) in [5, 5.41) is 0. The summed E-state index contributed by atoms with van der Waals surface area (Å²) >= 11 is 0. The van der Waals surface area contributed by atoms with Gasteiger partial charge in [-0.05, 0) is 12.0 Å². The van der Waals surface area contributed by atoms with E-state index in [0.29, 0.717) is 5.75 Å². The lowest BCUT2D eigenvalue weighted by molar-refractivity contribution is 0.679. The molecule has 1 atom stereocenters. The Morgan fingerprint density at radius 2 is 1.92 bits per heavy atom. The van der Waals surface area contributed by atoms with Crippen molar-refractivity contribution in [1.29, 1.82) is 0 Å². The summed E-state index contributed by atoms with van der Waals surface area (Å²) in [5.74, 6) is 1.55. The minimum atomic E-state index is -0.671. The van der Waals surface area contributed by atoms with Gasteiger partial charge in [0.1, 0.15) is 0 Å². The first-order valence-electron chi connectivity index (χ1n) is 4.72. The molecule has 0 aromatic heterocycles. The number of rotatable bonds is 5. The smallest absolute Gasteiger partial charge is 0.0485 e. The van der Waals surface area contributed by atoms with Gasteiger partial charge in [-0.25, -0.2) is 0 Å². The maximum Gasteiger partial charge on any atom is 0.0485 e. The molecule has 0 aliphatic rings. The lowest BCUT2D eigenvalue weighted by Crippen LogP contribution is -2.00. The molecule has 2 heteroatoms. The Morgan fingerprint density at radius 3 is 2.54 bits per heavy atom. The first-order valence-corrected chi connectivity index (χ1v) is 6.20. The number of hydrogen-bond donors (Lipinski definition) is 0. The summed E-state index contributed by atoms with van der Waals surface area (Å²) in [6, 6.07) is 10.0. The van der Waals surface area contributed by atoms with Crippen molar-refractivity contribution in [2.24, 2.45) is 0 Å². The second kappa shape index (κ2) is 5.92. The number of benzene rings is 1. The fourth-order valence-corrected chi connectivity index (χ4v) is 2.46. The molecule has 0 fully saturated rings. The summed E-state index contributed by atoms with van der Waals surface area (Å²) in [6.07, 6.45) is 2.19. The van der Waals surface area contributed by atoms with E-state index in [1.165, 1.54) is 5.56 Å². The fourth-order valence-electron chi connectivity index (χ4n) is 1.14. The highest BCUT2D eigenvalue weighted by Gasteiger charge is 1.99. The van der Waals surface area contributed by atoms with Crippen molar-refractivity contribution >= 4 is 10.8 Å². The summed E-state index contributed by atoms with van der Waals surface area (Å²) in [5.41, 5.74) is 1.18. The van der Waals surface area contributed by atoms with Crippen LogP contribution in [0.5, 0.6) is 0 Å². The van der Waals surface area contributed by atoms with E-state index in [-0.39, 0.29) is 0 Å². The molecule has 1 rings (SSSR count). The van der Waals surface area contributed by atoms with Gasteiger partial charge < -0.3 is 0 Å². The first-order chi connectivity index (χ1) is 6.33. The van der Waals surface area contributed by atoms with E-state index in [9.17, 15) is 4.21 Å². The summed E-state index contributed by atoms with van der Waals surface area (Å²) in [6.45, 7) is 2.12. The van der Waals surface area contributed by atoms with E-state index in [1.54, 1.807) is 0 Å². The van der Waals surface area contributed by atoms with E-state index < -0.39 is 10.8 Å². The summed E-state index contributed by atoms with van der Waals surface area (Å²) < 4.78 is 11.5. The van der Waals surface area contributed by atoms with E-state index in [1.807, 2.05) is 30.3 Å². The largest absolute Gasteiger partial charge is 0.259 e. The SMILES string of the molecule is CCCC[S@](=O)Cc1ccccc1. The van der Waals surface area contributed by atoms with Crippen LogP contribution in [0.2, 0.25) is 0 Å². The lowest BCUT2D eigenvalue weighted by atomic mass is 10.2. The molecule has 0 heterocycles. The quantitative estimate of drug-likeness (QED) is 0.707. The van der Waals surface area contributed by atoms with Crippen molar-refractivity contribution in [3.05, 3.63) is 35.9 Å². The van der Waals surface area contributed by atoms with Gasteiger partial charge in [-0.3, -0.25) is 4.21 Å². The van der Waals surface area contributed by atoms with Gasteiger partial charge in [0.15, 0.2) is 0 Å². The third-order valence-corrected chi connectivity index (χ3v) is 3.30. The number of unbranched alkanes of at least 4 members (excludes halogenated alkanes) is 1. The van der Waals surface area contributed by atoms with Crippen LogP contribution in [-0.4, -0.2) is 9.96 Å². The molecule has 0 saturated heterocycles. The Morgan fingerprint density at radius 1 is 1.23 bits per heavy atom. The van der Waals surface area contributed by atoms with Gasteiger partial charge in [0.05, 0.1) is 0 Å². The van der Waals surface area contributed by atoms with Gasteiger partial charge in [-0.2, -0.15) is 0 Å². The molecule has 0 saturated carbocycles. The third kappa shape index (κ3) is 4.23. The van der Waals surface area contributed by atoms with Crippen LogP contribution in [-0.2, 0) is 16.6 Å². The topological polar surface area (TPSA) is 17.1 Å². The molecule has 0 amide bonds. The van der Waals surface area contributed by atoms with E-state index in [0.717, 1.165) is 18.6 Å². The standard InChI is InChI=1S/C11H16OS/c1-2-3-9-13(12)10-11-7-5-4-6-8-11/h4-8H,2-3,9-10H2,1H3/t13-/m0/s1. The van der Waals surface area contributed by atoms with Gasteiger partial charge >= 0.3 is 0 Å². The Balaban J connectivity index is 2.37. The van der Waals surface area contributed by atoms with E-state index in [2.05, 4.69) is 6.92 Å². The molecular formula is C11H16OS. The molecule has 0 aliphatic carbocycles. The lowest BCUT2D eigenvalue weighted by Gasteiger charge is -2.00. The average molecular weight is 196 g/mol. The van der Waals surface area contributed by atoms with Crippen molar-refractivity contribution in [3.63, 3.8) is 0 Å². The Bertz CT molecular complexity index is 256. The highest BCUT2D eigenvalue weighted by molar-refractivity contribution is 7.84. The molecule has 0 N–H and O–H groups in total. The minimum absolute atomic E-state index is 0.671. The third-order valence-electron chi connectivity index (χ3n) is 1.90. The van der Waals surface area contributed by atoms with Gasteiger partial charge in [0.25, 0.3) is 0 Å². The van der Waals surface area contributed by atoms with Crippen LogP contribution in [0.4, 0.5) is 0 Å². The highest BCUT2D eigenvalue weighted by Crippen LogP contribution is 2.04. The normalized spacial score (nSPS) is 12.7. The van der Waals surface area contributed by atoms with Gasteiger partial charge in [-0.1, -0.05) is 43.7 Å². The van der Waals surface area contributed by atoms with Crippen LogP contribution in [0, 0.1) is 0 Å². The molecule has 1 nitrogen and oxygen atoms in total. The van der Waals surface area contributed by atoms with Crippen LogP contribution in [0.15, 0.2) is 30.3 Å². The summed E-state index contributed by atoms with van der Waals surface area (Å²) in [7, 11) is -0.671. The van der Waals surface area contributed by atoms with Crippen LogP contribution < -0.4 is 0 Å². The monoisotopic (exact) mass is 196 g/mol. The molecule has 0 spiro atoms. The van der Waals surface area contributed by atoms with Gasteiger partial charge in [-0.15, -0.1) is 0 Å². The molecule has 0 bridgehead atoms. The zero-order valence-electron chi connectivity index (χ0n) is 8.03. The average Bonchev–Trinajstić information content (AvgIpc) is 2.16.